The van der Waals surface area contributed by atoms with Crippen molar-refractivity contribution in [3.8, 4) is 0 Å². The van der Waals surface area contributed by atoms with E-state index in [-0.39, 0.29) is 10.9 Å². The van der Waals surface area contributed by atoms with Gasteiger partial charge in [-0.1, -0.05) is 18.2 Å². The third-order valence-electron chi connectivity index (χ3n) is 2.55. The van der Waals surface area contributed by atoms with Crippen LogP contribution in [0.5, 0.6) is 0 Å². The molecule has 2 rings (SSSR count). The van der Waals surface area contributed by atoms with E-state index in [0.717, 1.165) is 0 Å². The maximum Gasteiger partial charge on any atom is 0.336 e. The molecule has 0 radical (unpaired) electrons. The number of hydrogen-bond acceptors (Lipinski definition) is 4. The molecule has 0 aliphatic carbocycles. The van der Waals surface area contributed by atoms with Crippen LogP contribution in [0.2, 0.25) is 0 Å². The minimum absolute atomic E-state index is 0.212. The van der Waals surface area contributed by atoms with Crippen molar-refractivity contribution < 1.29 is 19.8 Å². The Bertz CT molecular complexity index is 463. The normalized spacial score (nSPS) is 23.5. The zero-order valence-electron chi connectivity index (χ0n) is 8.79. The van der Waals surface area contributed by atoms with Crippen molar-refractivity contribution in [1.29, 1.82) is 0 Å². The van der Waals surface area contributed by atoms with E-state index in [0.29, 0.717) is 11.3 Å². The number of rotatable bonds is 3. The van der Waals surface area contributed by atoms with Crippen molar-refractivity contribution in [1.82, 2.24) is 5.32 Å². The molecule has 1 saturated heterocycles. The molecule has 0 spiro atoms. The molecular weight excluding hydrogens is 242 g/mol. The van der Waals surface area contributed by atoms with E-state index in [9.17, 15) is 9.59 Å². The Hall–Kier alpha value is -1.53. The van der Waals surface area contributed by atoms with Gasteiger partial charge < -0.3 is 10.2 Å². The molecule has 0 amide bonds. The van der Waals surface area contributed by atoms with Gasteiger partial charge in [0.2, 0.25) is 0 Å². The summed E-state index contributed by atoms with van der Waals surface area (Å²) in [6, 6.07) is 6.01. The summed E-state index contributed by atoms with van der Waals surface area (Å²) < 4.78 is 0. The van der Waals surface area contributed by atoms with Crippen molar-refractivity contribution in [2.75, 3.05) is 5.75 Å². The Morgan fingerprint density at radius 2 is 2.00 bits per heavy atom. The minimum Gasteiger partial charge on any atom is -0.480 e. The number of benzene rings is 1. The Morgan fingerprint density at radius 1 is 1.29 bits per heavy atom. The SMILES string of the molecule is O=C(O)c1ccccc1[C@@H]1N[C@H](C(=O)O)CS1. The Kier molecular flexibility index (Phi) is 3.35. The van der Waals surface area contributed by atoms with Crippen LogP contribution in [0.4, 0.5) is 0 Å². The number of carboxylic acids is 2. The Balaban J connectivity index is 2.24. The van der Waals surface area contributed by atoms with Crippen molar-refractivity contribution >= 4 is 23.7 Å². The molecule has 90 valence electrons. The van der Waals surface area contributed by atoms with Gasteiger partial charge >= 0.3 is 11.9 Å². The molecule has 1 heterocycles. The average Bonchev–Trinajstić information content (AvgIpc) is 2.78. The maximum atomic E-state index is 11.0. The molecule has 1 aromatic carbocycles. The van der Waals surface area contributed by atoms with E-state index in [2.05, 4.69) is 5.32 Å². The van der Waals surface area contributed by atoms with Crippen LogP contribution in [0.25, 0.3) is 0 Å². The van der Waals surface area contributed by atoms with Gasteiger partial charge in [0.25, 0.3) is 0 Å². The molecule has 1 aliphatic rings. The largest absolute Gasteiger partial charge is 0.480 e. The van der Waals surface area contributed by atoms with Crippen LogP contribution in [0.1, 0.15) is 21.3 Å². The number of carboxylic acid groups (broad SMARTS) is 2. The molecule has 0 unspecified atom stereocenters. The highest BCUT2D eigenvalue weighted by Gasteiger charge is 2.32. The molecule has 0 bridgehead atoms. The molecule has 1 aromatic rings. The van der Waals surface area contributed by atoms with Gasteiger partial charge in [-0.2, -0.15) is 0 Å². The van der Waals surface area contributed by atoms with Crippen LogP contribution in [0.15, 0.2) is 24.3 Å². The van der Waals surface area contributed by atoms with Gasteiger partial charge in [0.05, 0.1) is 10.9 Å². The van der Waals surface area contributed by atoms with E-state index < -0.39 is 18.0 Å². The molecule has 3 N–H and O–H groups in total. The zero-order chi connectivity index (χ0) is 12.4. The summed E-state index contributed by atoms with van der Waals surface area (Å²) in [6.07, 6.45) is 0. The van der Waals surface area contributed by atoms with Gasteiger partial charge in [0.15, 0.2) is 0 Å². The fourth-order valence-electron chi connectivity index (χ4n) is 1.71. The number of thioether (sulfide) groups is 1. The van der Waals surface area contributed by atoms with Gasteiger partial charge in [-0.3, -0.25) is 10.1 Å². The third-order valence-corrected chi connectivity index (χ3v) is 3.80. The van der Waals surface area contributed by atoms with Crippen molar-refractivity contribution in [3.05, 3.63) is 35.4 Å². The Labute approximate surface area is 102 Å². The molecule has 1 fully saturated rings. The standard InChI is InChI=1S/C11H11NO4S/c13-10(14)7-4-2-1-3-6(7)9-12-8(5-17-9)11(15)16/h1-4,8-9,12H,5H2,(H,13,14)(H,15,16)/t8-,9+/m0/s1. The summed E-state index contributed by atoms with van der Waals surface area (Å²) in [5, 5.41) is 20.5. The molecule has 1 aliphatic heterocycles. The third kappa shape index (κ3) is 2.42. The summed E-state index contributed by atoms with van der Waals surface area (Å²) >= 11 is 1.41. The smallest absolute Gasteiger partial charge is 0.336 e. The first-order valence-electron chi connectivity index (χ1n) is 5.02. The van der Waals surface area contributed by atoms with E-state index in [1.54, 1.807) is 18.2 Å². The topological polar surface area (TPSA) is 86.6 Å². The number of nitrogens with one attached hydrogen (secondary N) is 1. The molecule has 17 heavy (non-hydrogen) atoms. The Morgan fingerprint density at radius 3 is 2.59 bits per heavy atom. The quantitative estimate of drug-likeness (QED) is 0.749. The van der Waals surface area contributed by atoms with Gasteiger partial charge in [0.1, 0.15) is 6.04 Å². The fourth-order valence-corrected chi connectivity index (χ4v) is 2.98. The summed E-state index contributed by atoms with van der Waals surface area (Å²) in [5.74, 6) is -1.47. The highest BCUT2D eigenvalue weighted by molar-refractivity contribution is 7.99. The lowest BCUT2D eigenvalue weighted by atomic mass is 10.1. The lowest BCUT2D eigenvalue weighted by molar-refractivity contribution is -0.138. The van der Waals surface area contributed by atoms with E-state index >= 15 is 0 Å². The van der Waals surface area contributed by atoms with E-state index in [4.69, 9.17) is 10.2 Å². The first-order valence-corrected chi connectivity index (χ1v) is 6.07. The number of carbonyl (C=O) groups is 2. The number of aliphatic carboxylic acids is 1. The summed E-state index contributed by atoms with van der Waals surface area (Å²) in [4.78, 5) is 21.8. The van der Waals surface area contributed by atoms with Crippen molar-refractivity contribution in [2.45, 2.75) is 11.4 Å². The van der Waals surface area contributed by atoms with Crippen LogP contribution in [0, 0.1) is 0 Å². The second kappa shape index (κ2) is 4.77. The van der Waals surface area contributed by atoms with Gasteiger partial charge in [0, 0.05) is 5.75 Å². The fraction of sp³-hybridized carbons (Fsp3) is 0.273. The number of hydrogen-bond donors (Lipinski definition) is 3. The minimum atomic E-state index is -0.998. The summed E-state index contributed by atoms with van der Waals surface area (Å²) in [7, 11) is 0. The molecule has 6 heteroatoms. The van der Waals surface area contributed by atoms with Gasteiger partial charge in [-0.15, -0.1) is 11.8 Å². The van der Waals surface area contributed by atoms with E-state index in [1.165, 1.54) is 17.8 Å². The van der Waals surface area contributed by atoms with Crippen LogP contribution >= 0.6 is 11.8 Å². The first-order chi connectivity index (χ1) is 8.09. The lowest BCUT2D eigenvalue weighted by Crippen LogP contribution is -2.34. The first kappa shape index (κ1) is 11.9. The molecular formula is C11H11NO4S. The lowest BCUT2D eigenvalue weighted by Gasteiger charge is -2.13. The van der Waals surface area contributed by atoms with Crippen LogP contribution in [0.3, 0.4) is 0 Å². The highest BCUT2D eigenvalue weighted by Crippen LogP contribution is 2.34. The monoisotopic (exact) mass is 253 g/mol. The van der Waals surface area contributed by atoms with Crippen molar-refractivity contribution in [3.63, 3.8) is 0 Å². The van der Waals surface area contributed by atoms with Gasteiger partial charge in [-0.25, -0.2) is 4.79 Å². The number of aromatic carboxylic acids is 1. The van der Waals surface area contributed by atoms with Crippen LogP contribution in [-0.2, 0) is 4.79 Å². The van der Waals surface area contributed by atoms with E-state index in [1.807, 2.05) is 0 Å². The highest BCUT2D eigenvalue weighted by atomic mass is 32.2. The van der Waals surface area contributed by atoms with Crippen LogP contribution in [-0.4, -0.2) is 33.9 Å². The summed E-state index contributed by atoms with van der Waals surface area (Å²) in [6.45, 7) is 0. The molecule has 5 nitrogen and oxygen atoms in total. The maximum absolute atomic E-state index is 11.0. The second-order valence-electron chi connectivity index (χ2n) is 3.66. The van der Waals surface area contributed by atoms with Gasteiger partial charge in [-0.05, 0) is 11.6 Å². The molecule has 2 atom stereocenters. The zero-order valence-corrected chi connectivity index (χ0v) is 9.61. The second-order valence-corrected chi connectivity index (χ2v) is 4.80. The van der Waals surface area contributed by atoms with Crippen LogP contribution < -0.4 is 5.32 Å². The molecule has 0 saturated carbocycles. The predicted octanol–water partition coefficient (Wildman–Crippen LogP) is 1.17. The predicted molar refractivity (Wildman–Crippen MR) is 63.2 cm³/mol. The summed E-state index contributed by atoms with van der Waals surface area (Å²) in [5.41, 5.74) is 0.831. The van der Waals surface area contributed by atoms with Crippen molar-refractivity contribution in [2.24, 2.45) is 0 Å². The molecule has 0 aromatic heterocycles. The average molecular weight is 253 g/mol.